The molecule has 6 nitrogen and oxygen atoms in total. The van der Waals surface area contributed by atoms with E-state index in [0.29, 0.717) is 24.9 Å². The third-order valence-corrected chi connectivity index (χ3v) is 2.65. The smallest absolute Gasteiger partial charge is 0.221 e. The van der Waals surface area contributed by atoms with E-state index in [9.17, 15) is 0 Å². The largest absolute Gasteiger partial charge is 0.475 e. The third kappa shape index (κ3) is 5.40. The van der Waals surface area contributed by atoms with E-state index in [0.717, 1.165) is 37.9 Å². The lowest BCUT2D eigenvalue weighted by Crippen LogP contribution is -2.14. The fraction of sp³-hybridized carbons (Fsp3) is 0.692. The second-order valence-corrected chi connectivity index (χ2v) is 4.21. The zero-order valence-electron chi connectivity index (χ0n) is 11.8. The Balaban J connectivity index is 2.47. The Morgan fingerprint density at radius 2 is 2.00 bits per heavy atom. The summed E-state index contributed by atoms with van der Waals surface area (Å²) < 4.78 is 11.1. The Kier molecular flexibility index (Phi) is 7.84. The van der Waals surface area contributed by atoms with Gasteiger partial charge in [0.1, 0.15) is 18.8 Å². The number of ether oxygens (including phenoxy) is 2. The molecule has 1 aromatic rings. The van der Waals surface area contributed by atoms with Gasteiger partial charge in [-0.1, -0.05) is 26.7 Å². The molecule has 3 N–H and O–H groups in total. The van der Waals surface area contributed by atoms with Crippen LogP contribution in [0, 0.1) is 0 Å². The maximum atomic E-state index is 5.64. The van der Waals surface area contributed by atoms with Gasteiger partial charge in [0.05, 0.1) is 12.2 Å². The van der Waals surface area contributed by atoms with Crippen molar-refractivity contribution in [1.82, 2.24) is 9.97 Å². The average molecular weight is 268 g/mol. The number of nitrogens with one attached hydrogen (secondary N) is 1. The zero-order valence-corrected chi connectivity index (χ0v) is 11.8. The summed E-state index contributed by atoms with van der Waals surface area (Å²) in [5.41, 5.74) is 3.49. The number of nitrogens with zero attached hydrogens (tertiary/aromatic N) is 2. The topological polar surface area (TPSA) is 82.3 Å². The normalized spacial score (nSPS) is 10.5. The van der Waals surface area contributed by atoms with Crippen molar-refractivity contribution >= 4 is 5.82 Å². The van der Waals surface area contributed by atoms with Crippen molar-refractivity contribution in [3.63, 3.8) is 0 Å². The Labute approximate surface area is 114 Å². The van der Waals surface area contributed by atoms with Crippen molar-refractivity contribution < 1.29 is 9.47 Å². The summed E-state index contributed by atoms with van der Waals surface area (Å²) in [5, 5.41) is 0. The lowest BCUT2D eigenvalue weighted by Gasteiger charge is -2.12. The van der Waals surface area contributed by atoms with E-state index in [4.69, 9.17) is 15.3 Å². The van der Waals surface area contributed by atoms with E-state index in [1.807, 2.05) is 0 Å². The first-order valence-corrected chi connectivity index (χ1v) is 6.84. The number of anilines is 1. The Bertz CT molecular complexity index is 360. The van der Waals surface area contributed by atoms with Crippen LogP contribution in [0.4, 0.5) is 5.82 Å². The highest BCUT2D eigenvalue weighted by Crippen LogP contribution is 2.22. The maximum absolute atomic E-state index is 5.64. The van der Waals surface area contributed by atoms with Gasteiger partial charge in [-0.2, -0.15) is 0 Å². The van der Waals surface area contributed by atoms with E-state index in [2.05, 4.69) is 29.2 Å². The first-order valence-electron chi connectivity index (χ1n) is 6.84. The van der Waals surface area contributed by atoms with Crippen LogP contribution in [0.15, 0.2) is 6.33 Å². The number of unbranched alkanes of at least 4 members (excludes halogenated alkanes) is 1. The highest BCUT2D eigenvalue weighted by atomic mass is 16.5. The van der Waals surface area contributed by atoms with Gasteiger partial charge < -0.3 is 14.9 Å². The molecule has 0 saturated heterocycles. The number of nitrogen functional groups attached to an aromatic ring is 1. The van der Waals surface area contributed by atoms with Crippen LogP contribution in [0.5, 0.6) is 5.88 Å². The molecule has 0 amide bonds. The molecule has 108 valence electrons. The van der Waals surface area contributed by atoms with E-state index in [-0.39, 0.29) is 0 Å². The summed E-state index contributed by atoms with van der Waals surface area (Å²) in [4.78, 5) is 8.24. The van der Waals surface area contributed by atoms with E-state index in [1.165, 1.54) is 6.33 Å². The second-order valence-electron chi connectivity index (χ2n) is 4.21. The molecule has 0 spiro atoms. The molecule has 0 radical (unpaired) electrons. The van der Waals surface area contributed by atoms with Crippen LogP contribution >= 0.6 is 0 Å². The highest BCUT2D eigenvalue weighted by Gasteiger charge is 2.10. The van der Waals surface area contributed by atoms with Gasteiger partial charge >= 0.3 is 0 Å². The number of hydrogen-bond donors (Lipinski definition) is 2. The Hall–Kier alpha value is -1.40. The second kappa shape index (κ2) is 9.52. The van der Waals surface area contributed by atoms with Crippen molar-refractivity contribution in [2.75, 3.05) is 25.2 Å². The molecule has 0 aliphatic rings. The molecule has 1 aromatic heterocycles. The highest BCUT2D eigenvalue weighted by molar-refractivity contribution is 5.47. The number of rotatable bonds is 10. The molecule has 0 fully saturated rings. The molecule has 1 rings (SSSR count). The SMILES string of the molecule is CCCCOCCOc1ncnc(NN)c1CCC. The summed E-state index contributed by atoms with van der Waals surface area (Å²) in [6.07, 6.45) is 5.47. The predicted octanol–water partition coefficient (Wildman–Crippen LogP) is 1.91. The van der Waals surface area contributed by atoms with Crippen LogP contribution < -0.4 is 16.0 Å². The Morgan fingerprint density at radius 3 is 2.68 bits per heavy atom. The quantitative estimate of drug-likeness (QED) is 0.383. The van der Waals surface area contributed by atoms with Crippen LogP contribution in [-0.4, -0.2) is 29.8 Å². The van der Waals surface area contributed by atoms with Crippen molar-refractivity contribution in [3.05, 3.63) is 11.9 Å². The number of hydrogen-bond acceptors (Lipinski definition) is 6. The van der Waals surface area contributed by atoms with Gasteiger partial charge in [-0.05, 0) is 12.8 Å². The molecule has 0 bridgehead atoms. The van der Waals surface area contributed by atoms with Crippen LogP contribution in [0.3, 0.4) is 0 Å². The van der Waals surface area contributed by atoms with E-state index < -0.39 is 0 Å². The molecule has 0 aliphatic carbocycles. The molecule has 6 heteroatoms. The molecule has 0 unspecified atom stereocenters. The molecule has 0 atom stereocenters. The predicted molar refractivity (Wildman–Crippen MR) is 75.1 cm³/mol. The van der Waals surface area contributed by atoms with Gasteiger partial charge in [-0.25, -0.2) is 15.8 Å². The molecule has 19 heavy (non-hydrogen) atoms. The fourth-order valence-electron chi connectivity index (χ4n) is 1.67. The molecule has 0 aliphatic heterocycles. The minimum atomic E-state index is 0.488. The third-order valence-electron chi connectivity index (χ3n) is 2.65. The van der Waals surface area contributed by atoms with Gasteiger partial charge in [0.25, 0.3) is 0 Å². The minimum absolute atomic E-state index is 0.488. The molecule has 1 heterocycles. The van der Waals surface area contributed by atoms with Gasteiger partial charge in [-0.3, -0.25) is 0 Å². The standard InChI is InChI=1S/C13H24N4O2/c1-3-5-7-18-8-9-19-13-11(6-4-2)12(17-14)15-10-16-13/h10H,3-9,14H2,1-2H3,(H,15,16,17). The molecular formula is C13H24N4O2. The Morgan fingerprint density at radius 1 is 1.16 bits per heavy atom. The number of nitrogens with two attached hydrogens (primary N) is 1. The lowest BCUT2D eigenvalue weighted by molar-refractivity contribution is 0.0961. The summed E-state index contributed by atoms with van der Waals surface area (Å²) in [5.74, 6) is 6.65. The molecule has 0 aromatic carbocycles. The molecular weight excluding hydrogens is 244 g/mol. The van der Waals surface area contributed by atoms with Crippen molar-refractivity contribution in [2.45, 2.75) is 39.5 Å². The first-order chi connectivity index (χ1) is 9.33. The van der Waals surface area contributed by atoms with Gasteiger partial charge in [0.2, 0.25) is 5.88 Å². The van der Waals surface area contributed by atoms with E-state index in [1.54, 1.807) is 0 Å². The zero-order chi connectivity index (χ0) is 13.9. The van der Waals surface area contributed by atoms with Gasteiger partial charge in [-0.15, -0.1) is 0 Å². The van der Waals surface area contributed by atoms with Crippen molar-refractivity contribution in [2.24, 2.45) is 5.84 Å². The fourth-order valence-corrected chi connectivity index (χ4v) is 1.67. The first kappa shape index (κ1) is 15.7. The summed E-state index contributed by atoms with van der Waals surface area (Å²) in [7, 11) is 0. The summed E-state index contributed by atoms with van der Waals surface area (Å²) in [6.45, 7) is 6.06. The van der Waals surface area contributed by atoms with Gasteiger partial charge in [0.15, 0.2) is 0 Å². The van der Waals surface area contributed by atoms with Gasteiger partial charge in [0, 0.05) is 6.61 Å². The lowest BCUT2D eigenvalue weighted by atomic mass is 10.2. The van der Waals surface area contributed by atoms with Crippen LogP contribution in [0.1, 0.15) is 38.7 Å². The van der Waals surface area contributed by atoms with Crippen LogP contribution in [-0.2, 0) is 11.2 Å². The van der Waals surface area contributed by atoms with E-state index >= 15 is 0 Å². The van der Waals surface area contributed by atoms with Crippen molar-refractivity contribution in [3.8, 4) is 5.88 Å². The van der Waals surface area contributed by atoms with Crippen LogP contribution in [0.25, 0.3) is 0 Å². The maximum Gasteiger partial charge on any atom is 0.221 e. The van der Waals surface area contributed by atoms with Crippen molar-refractivity contribution in [1.29, 1.82) is 0 Å². The number of aromatic nitrogens is 2. The monoisotopic (exact) mass is 268 g/mol. The molecule has 0 saturated carbocycles. The summed E-state index contributed by atoms with van der Waals surface area (Å²) >= 11 is 0. The van der Waals surface area contributed by atoms with Crippen LogP contribution in [0.2, 0.25) is 0 Å². The average Bonchev–Trinajstić information content (AvgIpc) is 2.44. The summed E-state index contributed by atoms with van der Waals surface area (Å²) in [6, 6.07) is 0. The minimum Gasteiger partial charge on any atom is -0.475 e. The number of hydrazine groups is 1.